The Morgan fingerprint density at radius 3 is 2.72 bits per heavy atom. The van der Waals surface area contributed by atoms with Crippen molar-refractivity contribution in [3.05, 3.63) is 47.2 Å². The molecule has 0 aliphatic carbocycles. The van der Waals surface area contributed by atoms with Gasteiger partial charge in [0.05, 0.1) is 12.1 Å². The molecule has 0 radical (unpaired) electrons. The predicted molar refractivity (Wildman–Crippen MR) is 123 cm³/mol. The van der Waals surface area contributed by atoms with Crippen molar-refractivity contribution in [2.45, 2.75) is 31.5 Å². The van der Waals surface area contributed by atoms with E-state index in [0.717, 1.165) is 52.1 Å². The van der Waals surface area contributed by atoms with E-state index in [0.29, 0.717) is 30.0 Å². The molecule has 3 aliphatic heterocycles. The number of carbonyl (C=O) groups excluding carboxylic acids is 1. The molecule has 2 saturated heterocycles. The minimum atomic E-state index is -0.639. The van der Waals surface area contributed by atoms with Crippen molar-refractivity contribution in [1.29, 1.82) is 0 Å². The van der Waals surface area contributed by atoms with Gasteiger partial charge in [0.25, 0.3) is 5.91 Å². The highest BCUT2D eigenvalue weighted by molar-refractivity contribution is 5.93. The molecule has 3 aliphatic rings. The van der Waals surface area contributed by atoms with Crippen LogP contribution in [0.5, 0.6) is 0 Å². The summed E-state index contributed by atoms with van der Waals surface area (Å²) in [6.45, 7) is 6.06. The van der Waals surface area contributed by atoms with Gasteiger partial charge in [0.15, 0.2) is 0 Å². The van der Waals surface area contributed by atoms with Crippen molar-refractivity contribution in [2.75, 3.05) is 56.0 Å². The Bertz CT molecular complexity index is 961. The van der Waals surface area contributed by atoms with E-state index in [-0.39, 0.29) is 12.5 Å². The summed E-state index contributed by atoms with van der Waals surface area (Å²) in [7, 11) is 0. The van der Waals surface area contributed by atoms with Crippen LogP contribution >= 0.6 is 0 Å². The number of rotatable bonds is 8. The number of nitrogens with one attached hydrogen (secondary N) is 3. The highest BCUT2D eigenvalue weighted by atomic mass is 16.3. The van der Waals surface area contributed by atoms with Crippen LogP contribution in [0, 0.1) is 0 Å². The SMILES string of the molecule is O=C(NC[C@H](O)CN1CCc2ccccc2C1)c1cc(NC2CNC2)nc(N2CCC2)n1. The number of β-amino-alcohol motifs (C(OH)–C–C–N with tert-alkyl or cyclic N) is 1. The molecule has 4 heterocycles. The molecule has 1 amide bonds. The van der Waals surface area contributed by atoms with E-state index in [1.54, 1.807) is 6.07 Å². The van der Waals surface area contributed by atoms with Gasteiger partial charge in [-0.15, -0.1) is 0 Å². The maximum Gasteiger partial charge on any atom is 0.270 e. The summed E-state index contributed by atoms with van der Waals surface area (Å²) < 4.78 is 0. The second kappa shape index (κ2) is 9.40. The zero-order valence-corrected chi connectivity index (χ0v) is 18.3. The third-order valence-electron chi connectivity index (χ3n) is 6.40. The van der Waals surface area contributed by atoms with Gasteiger partial charge in [0, 0.05) is 58.4 Å². The molecular formula is C23H31N7O2. The number of aliphatic hydroxyl groups excluding tert-OH is 1. The van der Waals surface area contributed by atoms with Gasteiger partial charge in [-0.25, -0.2) is 4.98 Å². The van der Waals surface area contributed by atoms with Crippen LogP contribution in [-0.2, 0) is 13.0 Å². The Labute approximate surface area is 188 Å². The fourth-order valence-corrected chi connectivity index (χ4v) is 4.26. The lowest BCUT2D eigenvalue weighted by molar-refractivity contribution is 0.0838. The predicted octanol–water partition coefficient (Wildman–Crippen LogP) is 0.219. The van der Waals surface area contributed by atoms with E-state index in [2.05, 4.69) is 60.0 Å². The van der Waals surface area contributed by atoms with Gasteiger partial charge in [-0.3, -0.25) is 9.69 Å². The number of amides is 1. The van der Waals surface area contributed by atoms with Crippen LogP contribution in [0.2, 0.25) is 0 Å². The van der Waals surface area contributed by atoms with Gasteiger partial charge < -0.3 is 26.0 Å². The largest absolute Gasteiger partial charge is 0.390 e. The number of carbonyl (C=O) groups is 1. The zero-order valence-electron chi connectivity index (χ0n) is 18.3. The van der Waals surface area contributed by atoms with Crippen molar-refractivity contribution in [1.82, 2.24) is 25.5 Å². The quantitative estimate of drug-likeness (QED) is 0.465. The van der Waals surface area contributed by atoms with Crippen molar-refractivity contribution in [3.8, 4) is 0 Å². The Balaban J connectivity index is 1.17. The second-order valence-corrected chi connectivity index (χ2v) is 8.90. The number of hydrogen-bond acceptors (Lipinski definition) is 8. The zero-order chi connectivity index (χ0) is 21.9. The molecule has 2 fully saturated rings. The first kappa shape index (κ1) is 21.1. The first-order valence-corrected chi connectivity index (χ1v) is 11.5. The third kappa shape index (κ3) is 4.85. The number of aromatic nitrogens is 2. The topological polar surface area (TPSA) is 106 Å². The Kier molecular flexibility index (Phi) is 6.20. The maximum atomic E-state index is 12.8. The van der Waals surface area contributed by atoms with Crippen molar-refractivity contribution >= 4 is 17.7 Å². The summed E-state index contributed by atoms with van der Waals surface area (Å²) >= 11 is 0. The van der Waals surface area contributed by atoms with Crippen LogP contribution < -0.4 is 20.9 Å². The number of hydrogen-bond donors (Lipinski definition) is 4. The van der Waals surface area contributed by atoms with Crippen molar-refractivity contribution in [2.24, 2.45) is 0 Å². The number of benzene rings is 1. The minimum absolute atomic E-state index is 0.190. The first-order chi connectivity index (χ1) is 15.6. The average Bonchev–Trinajstić information content (AvgIpc) is 2.73. The molecule has 5 rings (SSSR count). The average molecular weight is 438 g/mol. The Hall–Kier alpha value is -2.75. The van der Waals surface area contributed by atoms with E-state index in [9.17, 15) is 9.90 Å². The lowest BCUT2D eigenvalue weighted by atomic mass is 10.00. The monoisotopic (exact) mass is 437 g/mol. The van der Waals surface area contributed by atoms with Gasteiger partial charge >= 0.3 is 0 Å². The van der Waals surface area contributed by atoms with Crippen LogP contribution in [0.4, 0.5) is 11.8 Å². The second-order valence-electron chi connectivity index (χ2n) is 8.90. The minimum Gasteiger partial charge on any atom is -0.390 e. The highest BCUT2D eigenvalue weighted by Gasteiger charge is 2.24. The molecule has 0 bridgehead atoms. The summed E-state index contributed by atoms with van der Waals surface area (Å²) in [5.41, 5.74) is 3.03. The number of anilines is 2. The van der Waals surface area contributed by atoms with Crippen LogP contribution in [0.15, 0.2) is 30.3 Å². The van der Waals surface area contributed by atoms with Crippen LogP contribution in [0.3, 0.4) is 0 Å². The Morgan fingerprint density at radius 2 is 2.00 bits per heavy atom. The summed E-state index contributed by atoms with van der Waals surface area (Å²) in [4.78, 5) is 26.2. The van der Waals surface area contributed by atoms with E-state index < -0.39 is 6.10 Å². The molecular weight excluding hydrogens is 406 g/mol. The molecule has 0 saturated carbocycles. The molecule has 1 aromatic heterocycles. The summed E-state index contributed by atoms with van der Waals surface area (Å²) in [5, 5.41) is 20.0. The number of fused-ring (bicyclic) bond motifs is 1. The van der Waals surface area contributed by atoms with Crippen LogP contribution in [-0.4, -0.2) is 83.8 Å². The molecule has 0 spiro atoms. The summed E-state index contributed by atoms with van der Waals surface area (Å²) in [6, 6.07) is 10.5. The lowest BCUT2D eigenvalue weighted by Gasteiger charge is -2.32. The molecule has 2 aromatic rings. The normalized spacial score (nSPS) is 19.5. The van der Waals surface area contributed by atoms with Gasteiger partial charge in [-0.05, 0) is 24.0 Å². The maximum absolute atomic E-state index is 12.8. The van der Waals surface area contributed by atoms with E-state index in [4.69, 9.17) is 0 Å². The molecule has 9 heteroatoms. The van der Waals surface area contributed by atoms with Crippen LogP contribution in [0.25, 0.3) is 0 Å². The lowest BCUT2D eigenvalue weighted by Crippen LogP contribution is -2.51. The molecule has 4 N–H and O–H groups in total. The van der Waals surface area contributed by atoms with Crippen molar-refractivity contribution in [3.63, 3.8) is 0 Å². The van der Waals surface area contributed by atoms with Gasteiger partial charge in [-0.1, -0.05) is 24.3 Å². The molecule has 9 nitrogen and oxygen atoms in total. The number of nitrogens with zero attached hydrogens (tertiary/aromatic N) is 4. The fourth-order valence-electron chi connectivity index (χ4n) is 4.26. The highest BCUT2D eigenvalue weighted by Crippen LogP contribution is 2.20. The fraction of sp³-hybridized carbons (Fsp3) is 0.522. The van der Waals surface area contributed by atoms with E-state index in [1.807, 2.05) is 0 Å². The Morgan fingerprint density at radius 1 is 1.19 bits per heavy atom. The van der Waals surface area contributed by atoms with Gasteiger partial charge in [0.1, 0.15) is 11.5 Å². The molecule has 1 atom stereocenters. The van der Waals surface area contributed by atoms with E-state index in [1.165, 1.54) is 11.1 Å². The smallest absolute Gasteiger partial charge is 0.270 e. The standard InChI is InChI=1S/C23H31N7O2/c31-19(15-29-9-6-16-4-1-2-5-17(16)14-29)13-25-22(32)20-10-21(26-18-11-24-12-18)28-23(27-20)30-7-3-8-30/h1-2,4-5,10,18-19,24,31H,3,6-9,11-15H2,(H,25,32)(H,26,27,28)/t19-/m0/s1. The summed E-state index contributed by atoms with van der Waals surface area (Å²) in [6.07, 6.45) is 1.46. The number of aliphatic hydroxyl groups is 1. The molecule has 32 heavy (non-hydrogen) atoms. The molecule has 170 valence electrons. The van der Waals surface area contributed by atoms with Gasteiger partial charge in [0.2, 0.25) is 5.95 Å². The van der Waals surface area contributed by atoms with Crippen molar-refractivity contribution < 1.29 is 9.90 Å². The first-order valence-electron chi connectivity index (χ1n) is 11.5. The van der Waals surface area contributed by atoms with E-state index >= 15 is 0 Å². The molecule has 0 unspecified atom stereocenters. The summed E-state index contributed by atoms with van der Waals surface area (Å²) in [5.74, 6) is 0.976. The van der Waals surface area contributed by atoms with Gasteiger partial charge in [-0.2, -0.15) is 4.98 Å². The third-order valence-corrected chi connectivity index (χ3v) is 6.40. The molecule has 1 aromatic carbocycles. The van der Waals surface area contributed by atoms with Crippen LogP contribution in [0.1, 0.15) is 28.0 Å².